The Morgan fingerprint density at radius 1 is 1.69 bits per heavy atom. The van der Waals surface area contributed by atoms with Gasteiger partial charge in [-0.25, -0.2) is 0 Å². The zero-order valence-corrected chi connectivity index (χ0v) is 9.15. The summed E-state index contributed by atoms with van der Waals surface area (Å²) in [5.74, 6) is 0.429. The van der Waals surface area contributed by atoms with Crippen molar-refractivity contribution in [2.24, 2.45) is 0 Å². The summed E-state index contributed by atoms with van der Waals surface area (Å²) in [4.78, 5) is 10.6. The van der Waals surface area contributed by atoms with Crippen LogP contribution in [0, 0.1) is 0 Å². The molecule has 1 aromatic rings. The number of methoxy groups -OCH3 is 1. The Bertz CT molecular complexity index is 354. The van der Waals surface area contributed by atoms with Gasteiger partial charge in [-0.05, 0) is 22.0 Å². The first kappa shape index (κ1) is 10.3. The largest absolute Gasteiger partial charge is 0.495 e. The van der Waals surface area contributed by atoms with Crippen LogP contribution in [0.3, 0.4) is 0 Å². The molecule has 0 aliphatic heterocycles. The van der Waals surface area contributed by atoms with Crippen molar-refractivity contribution in [3.63, 3.8) is 0 Å². The van der Waals surface area contributed by atoms with Crippen LogP contribution in [0.15, 0.2) is 10.5 Å². The van der Waals surface area contributed by atoms with Crippen LogP contribution in [0.5, 0.6) is 5.75 Å². The highest BCUT2D eigenvalue weighted by atomic mass is 79.9. The normalized spacial score (nSPS) is 9.77. The fraction of sp³-hybridized carbons (Fsp3) is 0.125. The first-order valence-electron chi connectivity index (χ1n) is 3.38. The molecule has 0 bridgehead atoms. The number of hydrogen-bond acceptors (Lipinski definition) is 3. The summed E-state index contributed by atoms with van der Waals surface area (Å²) in [5.41, 5.74) is 6.11. The summed E-state index contributed by atoms with van der Waals surface area (Å²) in [6, 6.07) is 1.62. The first-order chi connectivity index (χ1) is 6.11. The van der Waals surface area contributed by atoms with Crippen LogP contribution in [-0.4, -0.2) is 13.4 Å². The van der Waals surface area contributed by atoms with Gasteiger partial charge in [-0.1, -0.05) is 11.6 Å². The Hall–Kier alpha value is -0.740. The van der Waals surface area contributed by atoms with E-state index in [0.29, 0.717) is 21.5 Å². The minimum absolute atomic E-state index is 0.243. The van der Waals surface area contributed by atoms with E-state index in [2.05, 4.69) is 15.9 Å². The van der Waals surface area contributed by atoms with Gasteiger partial charge in [0.2, 0.25) is 0 Å². The number of ether oxygens (including phenoxy) is 1. The lowest BCUT2D eigenvalue weighted by atomic mass is 10.2. The van der Waals surface area contributed by atoms with E-state index in [0.717, 1.165) is 0 Å². The molecule has 0 aliphatic carbocycles. The van der Waals surface area contributed by atoms with E-state index >= 15 is 0 Å². The molecule has 13 heavy (non-hydrogen) atoms. The highest BCUT2D eigenvalue weighted by molar-refractivity contribution is 9.10. The highest BCUT2D eigenvalue weighted by Crippen LogP contribution is 2.36. The van der Waals surface area contributed by atoms with Crippen LogP contribution in [0.4, 0.5) is 5.69 Å². The SMILES string of the molecule is COc1cc(Br)c(Cl)c(C=O)c1N. The lowest BCUT2D eigenvalue weighted by Crippen LogP contribution is -1.98. The van der Waals surface area contributed by atoms with Gasteiger partial charge in [0, 0.05) is 4.47 Å². The Balaban J connectivity index is 3.47. The first-order valence-corrected chi connectivity index (χ1v) is 4.55. The van der Waals surface area contributed by atoms with Crippen molar-refractivity contribution in [2.75, 3.05) is 12.8 Å². The molecule has 0 aliphatic rings. The average molecular weight is 265 g/mol. The molecule has 0 amide bonds. The smallest absolute Gasteiger partial charge is 0.153 e. The molecule has 2 N–H and O–H groups in total. The van der Waals surface area contributed by atoms with Crippen molar-refractivity contribution in [1.82, 2.24) is 0 Å². The maximum absolute atomic E-state index is 10.6. The molecule has 1 rings (SSSR count). The summed E-state index contributed by atoms with van der Waals surface area (Å²) in [5, 5.41) is 0.299. The molecule has 0 radical (unpaired) electrons. The minimum Gasteiger partial charge on any atom is -0.495 e. The zero-order valence-electron chi connectivity index (χ0n) is 6.80. The molecular weight excluding hydrogens is 257 g/mol. The number of nitrogen functional groups attached to an aromatic ring is 1. The summed E-state index contributed by atoms with van der Waals surface area (Å²) >= 11 is 9.00. The van der Waals surface area contributed by atoms with Crippen LogP contribution >= 0.6 is 27.5 Å². The molecule has 70 valence electrons. The van der Waals surface area contributed by atoms with E-state index in [-0.39, 0.29) is 11.3 Å². The summed E-state index contributed by atoms with van der Waals surface area (Å²) < 4.78 is 5.54. The van der Waals surface area contributed by atoms with E-state index in [4.69, 9.17) is 22.1 Å². The van der Waals surface area contributed by atoms with Gasteiger partial charge < -0.3 is 10.5 Å². The van der Waals surface area contributed by atoms with Gasteiger partial charge in [0.05, 0.1) is 23.4 Å². The summed E-state index contributed by atoms with van der Waals surface area (Å²) in [6.45, 7) is 0. The number of rotatable bonds is 2. The average Bonchev–Trinajstić information content (AvgIpc) is 2.12. The molecule has 3 nitrogen and oxygen atoms in total. The van der Waals surface area contributed by atoms with Crippen LogP contribution < -0.4 is 10.5 Å². The number of benzene rings is 1. The molecule has 0 heterocycles. The molecule has 0 aromatic heterocycles. The van der Waals surface area contributed by atoms with E-state index in [1.165, 1.54) is 7.11 Å². The van der Waals surface area contributed by atoms with Crippen molar-refractivity contribution in [2.45, 2.75) is 0 Å². The van der Waals surface area contributed by atoms with Gasteiger partial charge in [-0.2, -0.15) is 0 Å². The van der Waals surface area contributed by atoms with Crippen LogP contribution in [0.25, 0.3) is 0 Å². The molecule has 0 saturated carbocycles. The van der Waals surface area contributed by atoms with Crippen molar-refractivity contribution in [3.8, 4) is 5.75 Å². The van der Waals surface area contributed by atoms with Gasteiger partial charge in [0.25, 0.3) is 0 Å². The molecule has 0 spiro atoms. The predicted octanol–water partition coefficient (Wildman–Crippen LogP) is 2.51. The fourth-order valence-corrected chi connectivity index (χ4v) is 1.54. The summed E-state index contributed by atoms with van der Waals surface area (Å²) in [6.07, 6.45) is 0.602. The van der Waals surface area contributed by atoms with Gasteiger partial charge in [0.1, 0.15) is 5.75 Å². The Kier molecular flexibility index (Phi) is 3.17. The molecule has 1 aromatic carbocycles. The molecular formula is C8H7BrClNO2. The van der Waals surface area contributed by atoms with E-state index in [1.807, 2.05) is 0 Å². The Morgan fingerprint density at radius 2 is 2.31 bits per heavy atom. The fourth-order valence-electron chi connectivity index (χ4n) is 0.920. The minimum atomic E-state index is 0.243. The molecule has 5 heteroatoms. The molecule has 0 atom stereocenters. The third-order valence-electron chi connectivity index (χ3n) is 1.60. The second-order valence-electron chi connectivity index (χ2n) is 2.32. The third-order valence-corrected chi connectivity index (χ3v) is 2.86. The van der Waals surface area contributed by atoms with E-state index in [1.54, 1.807) is 6.07 Å². The number of halogens is 2. The molecule has 0 unspecified atom stereocenters. The van der Waals surface area contributed by atoms with Crippen molar-refractivity contribution in [1.29, 1.82) is 0 Å². The standard InChI is InChI=1S/C8H7BrClNO2/c1-13-6-2-5(9)7(10)4(3-12)8(6)11/h2-3H,11H2,1H3. The van der Waals surface area contributed by atoms with Gasteiger partial charge in [-0.3, -0.25) is 4.79 Å². The van der Waals surface area contributed by atoms with E-state index < -0.39 is 0 Å². The van der Waals surface area contributed by atoms with Gasteiger partial charge >= 0.3 is 0 Å². The second-order valence-corrected chi connectivity index (χ2v) is 3.55. The second kappa shape index (κ2) is 3.98. The lowest BCUT2D eigenvalue weighted by Gasteiger charge is -2.09. The van der Waals surface area contributed by atoms with Crippen LogP contribution in [0.2, 0.25) is 5.02 Å². The lowest BCUT2D eigenvalue weighted by molar-refractivity contribution is 0.112. The van der Waals surface area contributed by atoms with Gasteiger partial charge in [0.15, 0.2) is 6.29 Å². The topological polar surface area (TPSA) is 52.3 Å². The Morgan fingerprint density at radius 3 is 2.77 bits per heavy atom. The quantitative estimate of drug-likeness (QED) is 0.659. The van der Waals surface area contributed by atoms with Crippen molar-refractivity contribution >= 4 is 39.5 Å². The monoisotopic (exact) mass is 263 g/mol. The van der Waals surface area contributed by atoms with Crippen molar-refractivity contribution in [3.05, 3.63) is 21.1 Å². The maximum atomic E-state index is 10.6. The van der Waals surface area contributed by atoms with Crippen LogP contribution in [0.1, 0.15) is 10.4 Å². The highest BCUT2D eigenvalue weighted by Gasteiger charge is 2.12. The zero-order chi connectivity index (χ0) is 10.0. The van der Waals surface area contributed by atoms with E-state index in [9.17, 15) is 4.79 Å². The summed E-state index contributed by atoms with van der Waals surface area (Å²) in [7, 11) is 1.47. The Labute approximate surface area is 88.9 Å². The number of carbonyl (C=O) groups is 1. The molecule has 0 saturated heterocycles. The number of hydrogen-bond donors (Lipinski definition) is 1. The maximum Gasteiger partial charge on any atom is 0.153 e. The third kappa shape index (κ3) is 1.78. The molecule has 0 fully saturated rings. The van der Waals surface area contributed by atoms with Gasteiger partial charge in [-0.15, -0.1) is 0 Å². The number of carbonyl (C=O) groups excluding carboxylic acids is 1. The number of anilines is 1. The number of nitrogens with two attached hydrogens (primary N) is 1. The predicted molar refractivity (Wildman–Crippen MR) is 55.5 cm³/mol. The van der Waals surface area contributed by atoms with Crippen LogP contribution in [-0.2, 0) is 0 Å². The number of aldehydes is 1. The van der Waals surface area contributed by atoms with Crippen molar-refractivity contribution < 1.29 is 9.53 Å².